The smallest absolute Gasteiger partial charge is 0.468 e. The summed E-state index contributed by atoms with van der Waals surface area (Å²) >= 11 is 1.39. The molecule has 2 heterocycles. The Kier molecular flexibility index (Phi) is 4.59. The Balaban J connectivity index is 2.12. The number of aliphatic hydroxyl groups is 1. The van der Waals surface area contributed by atoms with Gasteiger partial charge in [-0.05, 0) is 10.8 Å². The molecule has 1 saturated heterocycles. The van der Waals surface area contributed by atoms with Gasteiger partial charge < -0.3 is 19.9 Å². The number of likely N-dealkylation sites (tertiary alicyclic amines) is 1. The second-order valence-electron chi connectivity index (χ2n) is 4.53. The lowest BCUT2D eigenvalue weighted by Gasteiger charge is -2.21. The highest BCUT2D eigenvalue weighted by Gasteiger charge is 2.37. The summed E-state index contributed by atoms with van der Waals surface area (Å²) in [5.41, 5.74) is 0.440. The zero-order valence-electron chi connectivity index (χ0n) is 10.5. The van der Waals surface area contributed by atoms with Crippen LogP contribution in [-0.2, 0) is 16.1 Å². The van der Waals surface area contributed by atoms with Gasteiger partial charge in [0.05, 0.1) is 13.2 Å². The van der Waals surface area contributed by atoms with E-state index in [9.17, 15) is 19.9 Å². The first-order valence-corrected chi connectivity index (χ1v) is 6.83. The maximum Gasteiger partial charge on any atom is 0.489 e. The minimum absolute atomic E-state index is 0.342. The molecule has 0 spiro atoms. The summed E-state index contributed by atoms with van der Waals surface area (Å²) in [6, 6.07) is 1.16. The average molecular weight is 285 g/mol. The number of β-amino-alcohol motifs (C(OH)–C–C–N with tert-alkyl or cyclic N) is 1. The number of hydrogen-bond donors (Lipinski definition) is 3. The van der Waals surface area contributed by atoms with Crippen molar-refractivity contribution < 1.29 is 24.7 Å². The minimum Gasteiger partial charge on any atom is -0.468 e. The van der Waals surface area contributed by atoms with E-state index in [2.05, 4.69) is 0 Å². The Bertz CT molecular complexity index is 452. The standard InChI is InChI=1S/C11H16BNO5S/c1-18-11(15)9-4-7(14)5-13(9)6-10-8(12(16)17)2-3-19-10/h2-3,7,9,14,16-17H,4-6H2,1H3/t7-,9+/m1/s1. The van der Waals surface area contributed by atoms with Gasteiger partial charge in [0, 0.05) is 24.4 Å². The normalized spacial score (nSPS) is 23.6. The Hall–Kier alpha value is -0.925. The fourth-order valence-electron chi connectivity index (χ4n) is 2.33. The number of carbonyl (C=O) groups excluding carboxylic acids is 1. The van der Waals surface area contributed by atoms with Crippen LogP contribution >= 0.6 is 11.3 Å². The third kappa shape index (κ3) is 3.15. The molecule has 2 rings (SSSR count). The van der Waals surface area contributed by atoms with Crippen LogP contribution in [0.4, 0.5) is 0 Å². The number of aliphatic hydroxyl groups excluding tert-OH is 1. The molecule has 1 aliphatic rings. The number of hydrogen-bond acceptors (Lipinski definition) is 7. The maximum absolute atomic E-state index is 11.6. The predicted octanol–water partition coefficient (Wildman–Crippen LogP) is -1.46. The minimum atomic E-state index is -1.52. The van der Waals surface area contributed by atoms with Gasteiger partial charge >= 0.3 is 13.1 Å². The molecule has 0 aliphatic carbocycles. The van der Waals surface area contributed by atoms with E-state index >= 15 is 0 Å². The van der Waals surface area contributed by atoms with Crippen LogP contribution in [0.3, 0.4) is 0 Å². The van der Waals surface area contributed by atoms with E-state index < -0.39 is 19.3 Å². The molecule has 0 saturated carbocycles. The lowest BCUT2D eigenvalue weighted by Crippen LogP contribution is -2.39. The highest BCUT2D eigenvalue weighted by atomic mass is 32.1. The van der Waals surface area contributed by atoms with Gasteiger partial charge in [-0.25, -0.2) is 0 Å². The van der Waals surface area contributed by atoms with Crippen LogP contribution in [0.1, 0.15) is 11.3 Å². The van der Waals surface area contributed by atoms with Gasteiger partial charge in [-0.15, -0.1) is 11.3 Å². The Labute approximate surface area is 115 Å². The fourth-order valence-corrected chi connectivity index (χ4v) is 3.26. The van der Waals surface area contributed by atoms with Gasteiger partial charge in [-0.1, -0.05) is 6.07 Å². The van der Waals surface area contributed by atoms with Crippen molar-refractivity contribution in [2.45, 2.75) is 25.1 Å². The number of methoxy groups -OCH3 is 1. The molecular weight excluding hydrogens is 269 g/mol. The Morgan fingerprint density at radius 3 is 3.00 bits per heavy atom. The second-order valence-corrected chi connectivity index (χ2v) is 5.53. The number of ether oxygens (including phenoxy) is 1. The van der Waals surface area contributed by atoms with Crippen molar-refractivity contribution in [2.75, 3.05) is 13.7 Å². The molecule has 1 aliphatic heterocycles. The Morgan fingerprint density at radius 1 is 1.63 bits per heavy atom. The number of thiophene rings is 1. The lowest BCUT2D eigenvalue weighted by atomic mass is 9.80. The van der Waals surface area contributed by atoms with Crippen LogP contribution in [0.2, 0.25) is 0 Å². The molecule has 0 bridgehead atoms. The average Bonchev–Trinajstić information content (AvgIpc) is 2.95. The first kappa shape index (κ1) is 14.5. The quantitative estimate of drug-likeness (QED) is 0.462. The van der Waals surface area contributed by atoms with Gasteiger partial charge in [0.1, 0.15) is 6.04 Å². The first-order valence-electron chi connectivity index (χ1n) is 5.95. The molecule has 104 valence electrons. The van der Waals surface area contributed by atoms with Gasteiger partial charge in [0.25, 0.3) is 0 Å². The molecule has 0 unspecified atom stereocenters. The first-order chi connectivity index (χ1) is 9.02. The lowest BCUT2D eigenvalue weighted by molar-refractivity contribution is -0.146. The van der Waals surface area contributed by atoms with Crippen LogP contribution in [-0.4, -0.2) is 58.9 Å². The van der Waals surface area contributed by atoms with E-state index in [0.717, 1.165) is 4.88 Å². The van der Waals surface area contributed by atoms with Gasteiger partial charge in [0.2, 0.25) is 0 Å². The molecule has 2 atom stereocenters. The van der Waals surface area contributed by atoms with Gasteiger partial charge in [-0.2, -0.15) is 0 Å². The molecule has 0 amide bonds. The van der Waals surface area contributed by atoms with Crippen molar-refractivity contribution in [3.63, 3.8) is 0 Å². The van der Waals surface area contributed by atoms with Crippen molar-refractivity contribution in [1.29, 1.82) is 0 Å². The van der Waals surface area contributed by atoms with Gasteiger partial charge in [-0.3, -0.25) is 9.69 Å². The number of nitrogens with zero attached hydrogens (tertiary/aromatic N) is 1. The molecule has 1 aromatic rings. The fraction of sp³-hybridized carbons (Fsp3) is 0.545. The van der Waals surface area contributed by atoms with E-state index in [0.29, 0.717) is 25.0 Å². The molecule has 6 nitrogen and oxygen atoms in total. The zero-order valence-corrected chi connectivity index (χ0v) is 11.3. The topological polar surface area (TPSA) is 90.2 Å². The molecule has 0 aromatic carbocycles. The SMILES string of the molecule is COC(=O)[C@@H]1C[C@@H](O)CN1Cc1sccc1B(O)O. The van der Waals surface area contributed by atoms with Crippen LogP contribution < -0.4 is 5.46 Å². The van der Waals surface area contributed by atoms with E-state index in [1.165, 1.54) is 18.4 Å². The maximum atomic E-state index is 11.6. The molecular formula is C11H16BNO5S. The van der Waals surface area contributed by atoms with E-state index in [1.54, 1.807) is 16.3 Å². The molecule has 8 heteroatoms. The summed E-state index contributed by atoms with van der Waals surface area (Å²) in [4.78, 5) is 14.2. The summed E-state index contributed by atoms with van der Waals surface area (Å²) in [5.74, 6) is -0.376. The molecule has 0 radical (unpaired) electrons. The molecule has 1 fully saturated rings. The summed E-state index contributed by atoms with van der Waals surface area (Å²) in [5, 5.41) is 29.9. The van der Waals surface area contributed by atoms with Crippen molar-refractivity contribution in [3.05, 3.63) is 16.3 Å². The summed E-state index contributed by atoms with van der Waals surface area (Å²) in [7, 11) is -0.204. The van der Waals surface area contributed by atoms with Crippen LogP contribution in [0.15, 0.2) is 11.4 Å². The predicted molar refractivity (Wildman–Crippen MR) is 71.0 cm³/mol. The monoisotopic (exact) mass is 285 g/mol. The van der Waals surface area contributed by atoms with Crippen LogP contribution in [0.5, 0.6) is 0 Å². The number of esters is 1. The summed E-state index contributed by atoms with van der Waals surface area (Å²) in [6.07, 6.45) is -0.221. The molecule has 3 N–H and O–H groups in total. The molecule has 19 heavy (non-hydrogen) atoms. The van der Waals surface area contributed by atoms with Crippen molar-refractivity contribution in [2.24, 2.45) is 0 Å². The van der Waals surface area contributed by atoms with E-state index in [1.807, 2.05) is 0 Å². The summed E-state index contributed by atoms with van der Waals surface area (Å²) in [6.45, 7) is 0.764. The van der Waals surface area contributed by atoms with Crippen molar-refractivity contribution in [1.82, 2.24) is 4.90 Å². The third-order valence-electron chi connectivity index (χ3n) is 3.26. The van der Waals surface area contributed by atoms with Crippen LogP contribution in [0, 0.1) is 0 Å². The highest BCUT2D eigenvalue weighted by Crippen LogP contribution is 2.22. The number of rotatable bonds is 4. The summed E-state index contributed by atoms with van der Waals surface area (Å²) < 4.78 is 4.72. The Morgan fingerprint density at radius 2 is 2.37 bits per heavy atom. The molecule has 1 aromatic heterocycles. The third-order valence-corrected chi connectivity index (χ3v) is 4.18. The van der Waals surface area contributed by atoms with Crippen molar-refractivity contribution in [3.8, 4) is 0 Å². The van der Waals surface area contributed by atoms with E-state index in [-0.39, 0.29) is 5.97 Å². The number of carbonyl (C=O) groups is 1. The van der Waals surface area contributed by atoms with E-state index in [4.69, 9.17) is 4.74 Å². The van der Waals surface area contributed by atoms with Crippen molar-refractivity contribution >= 4 is 29.9 Å². The second kappa shape index (κ2) is 6.02. The zero-order chi connectivity index (χ0) is 14.0. The van der Waals surface area contributed by atoms with Gasteiger partial charge in [0.15, 0.2) is 0 Å². The largest absolute Gasteiger partial charge is 0.489 e. The highest BCUT2D eigenvalue weighted by molar-refractivity contribution is 7.11. The van der Waals surface area contributed by atoms with Crippen LogP contribution in [0.25, 0.3) is 0 Å².